The highest BCUT2D eigenvalue weighted by Crippen LogP contribution is 2.21. The molecule has 0 aliphatic carbocycles. The van der Waals surface area contributed by atoms with Gasteiger partial charge < -0.3 is 9.84 Å². The molecule has 0 spiro atoms. The Morgan fingerprint density at radius 2 is 1.86 bits per heavy atom. The SMILES string of the molecule is CC(Oc1ccccc1CCO)C(=O)c1ccc(Br)cc1. The molecule has 2 aromatic carbocycles. The molecule has 0 aliphatic rings. The van der Waals surface area contributed by atoms with E-state index in [4.69, 9.17) is 9.84 Å². The van der Waals surface area contributed by atoms with E-state index in [2.05, 4.69) is 15.9 Å². The van der Waals surface area contributed by atoms with E-state index in [1.807, 2.05) is 36.4 Å². The van der Waals surface area contributed by atoms with Gasteiger partial charge in [-0.15, -0.1) is 0 Å². The fourth-order valence-corrected chi connectivity index (χ4v) is 2.30. The minimum Gasteiger partial charge on any atom is -0.482 e. The third-order valence-electron chi connectivity index (χ3n) is 3.16. The summed E-state index contributed by atoms with van der Waals surface area (Å²) in [5.74, 6) is 0.575. The number of carbonyl (C=O) groups is 1. The van der Waals surface area contributed by atoms with Crippen LogP contribution in [0.3, 0.4) is 0 Å². The van der Waals surface area contributed by atoms with Crippen LogP contribution >= 0.6 is 15.9 Å². The molecule has 1 N–H and O–H groups in total. The average Bonchev–Trinajstić information content (AvgIpc) is 2.49. The first-order valence-electron chi connectivity index (χ1n) is 6.77. The number of aliphatic hydroxyl groups excluding tert-OH is 1. The number of hydrogen-bond donors (Lipinski definition) is 1. The molecule has 110 valence electrons. The van der Waals surface area contributed by atoms with Crippen molar-refractivity contribution in [3.63, 3.8) is 0 Å². The lowest BCUT2D eigenvalue weighted by Gasteiger charge is -2.16. The summed E-state index contributed by atoms with van der Waals surface area (Å²) >= 11 is 3.35. The van der Waals surface area contributed by atoms with Crippen LogP contribution in [0.2, 0.25) is 0 Å². The number of ether oxygens (including phenoxy) is 1. The van der Waals surface area contributed by atoms with Gasteiger partial charge in [-0.2, -0.15) is 0 Å². The number of rotatable bonds is 6. The molecule has 0 radical (unpaired) electrons. The number of ketones is 1. The Hall–Kier alpha value is -1.65. The summed E-state index contributed by atoms with van der Waals surface area (Å²) in [5.41, 5.74) is 1.51. The largest absolute Gasteiger partial charge is 0.482 e. The second-order valence-electron chi connectivity index (χ2n) is 4.71. The smallest absolute Gasteiger partial charge is 0.202 e. The van der Waals surface area contributed by atoms with E-state index in [9.17, 15) is 4.79 Å². The van der Waals surface area contributed by atoms with Crippen LogP contribution in [-0.2, 0) is 6.42 Å². The summed E-state index contributed by atoms with van der Waals surface area (Å²) in [4.78, 5) is 12.3. The van der Waals surface area contributed by atoms with Gasteiger partial charge in [-0.25, -0.2) is 0 Å². The van der Waals surface area contributed by atoms with Crippen molar-refractivity contribution in [2.24, 2.45) is 0 Å². The molecule has 4 heteroatoms. The fraction of sp³-hybridized carbons (Fsp3) is 0.235. The molecule has 21 heavy (non-hydrogen) atoms. The molecule has 0 aliphatic heterocycles. The topological polar surface area (TPSA) is 46.5 Å². The standard InChI is InChI=1S/C17H17BrO3/c1-12(17(20)14-6-8-15(18)9-7-14)21-16-5-3-2-4-13(16)10-11-19/h2-9,12,19H,10-11H2,1H3. The molecule has 0 fully saturated rings. The van der Waals surface area contributed by atoms with E-state index in [0.717, 1.165) is 10.0 Å². The Kier molecular flexibility index (Phi) is 5.53. The summed E-state index contributed by atoms with van der Waals surface area (Å²) in [6.07, 6.45) is -0.0685. The van der Waals surface area contributed by atoms with Crippen molar-refractivity contribution >= 4 is 21.7 Å². The maximum atomic E-state index is 12.3. The molecule has 1 unspecified atom stereocenters. The fourth-order valence-electron chi connectivity index (χ4n) is 2.04. The average molecular weight is 349 g/mol. The van der Waals surface area contributed by atoms with Crippen molar-refractivity contribution in [1.82, 2.24) is 0 Å². The molecule has 0 heterocycles. The molecule has 1 atom stereocenters. The van der Waals surface area contributed by atoms with Crippen LogP contribution in [0.4, 0.5) is 0 Å². The van der Waals surface area contributed by atoms with E-state index in [0.29, 0.717) is 17.7 Å². The van der Waals surface area contributed by atoms with Gasteiger partial charge >= 0.3 is 0 Å². The van der Waals surface area contributed by atoms with E-state index in [1.165, 1.54) is 0 Å². The van der Waals surface area contributed by atoms with Gasteiger partial charge in [0.25, 0.3) is 0 Å². The molecule has 2 rings (SSSR count). The van der Waals surface area contributed by atoms with Crippen molar-refractivity contribution < 1.29 is 14.6 Å². The van der Waals surface area contributed by atoms with E-state index < -0.39 is 6.10 Å². The highest BCUT2D eigenvalue weighted by molar-refractivity contribution is 9.10. The number of Topliss-reactive ketones (excluding diaryl/α,β-unsaturated/α-hetero) is 1. The molecule has 0 aromatic heterocycles. The predicted octanol–water partition coefficient (Wildman–Crippen LogP) is 3.63. The molecule has 0 bridgehead atoms. The van der Waals surface area contributed by atoms with Gasteiger partial charge in [-0.1, -0.05) is 46.3 Å². The van der Waals surface area contributed by atoms with Gasteiger partial charge in [-0.3, -0.25) is 4.79 Å². The monoisotopic (exact) mass is 348 g/mol. The second kappa shape index (κ2) is 7.38. The number of carbonyl (C=O) groups excluding carboxylic acids is 1. The molecule has 0 saturated carbocycles. The van der Waals surface area contributed by atoms with Crippen LogP contribution in [0.5, 0.6) is 5.75 Å². The van der Waals surface area contributed by atoms with Gasteiger partial charge in [0.15, 0.2) is 6.10 Å². The second-order valence-corrected chi connectivity index (χ2v) is 5.63. The van der Waals surface area contributed by atoms with Crippen molar-refractivity contribution in [2.75, 3.05) is 6.61 Å². The summed E-state index contributed by atoms with van der Waals surface area (Å²) in [7, 11) is 0. The zero-order valence-corrected chi connectivity index (χ0v) is 13.3. The highest BCUT2D eigenvalue weighted by Gasteiger charge is 2.18. The number of para-hydroxylation sites is 1. The van der Waals surface area contributed by atoms with Crippen LogP contribution in [0.15, 0.2) is 53.0 Å². The molecule has 0 saturated heterocycles. The zero-order chi connectivity index (χ0) is 15.2. The number of aliphatic hydroxyl groups is 1. The lowest BCUT2D eigenvalue weighted by atomic mass is 10.1. The highest BCUT2D eigenvalue weighted by atomic mass is 79.9. The van der Waals surface area contributed by atoms with Crippen LogP contribution in [0.25, 0.3) is 0 Å². The Bertz CT molecular complexity index is 608. The third-order valence-corrected chi connectivity index (χ3v) is 3.68. The van der Waals surface area contributed by atoms with Crippen molar-refractivity contribution in [3.05, 3.63) is 64.1 Å². The molecular weight excluding hydrogens is 332 g/mol. The normalized spacial score (nSPS) is 12.0. The van der Waals surface area contributed by atoms with Gasteiger partial charge in [0.05, 0.1) is 0 Å². The summed E-state index contributed by atoms with van der Waals surface area (Å²) in [6.45, 7) is 1.79. The summed E-state index contributed by atoms with van der Waals surface area (Å²) in [6, 6.07) is 14.7. The first-order chi connectivity index (χ1) is 10.1. The Morgan fingerprint density at radius 1 is 1.19 bits per heavy atom. The minimum absolute atomic E-state index is 0.0510. The molecular formula is C17H17BrO3. The Morgan fingerprint density at radius 3 is 2.52 bits per heavy atom. The molecule has 0 amide bonds. The van der Waals surface area contributed by atoms with Crippen LogP contribution in [-0.4, -0.2) is 23.6 Å². The van der Waals surface area contributed by atoms with Crippen LogP contribution in [0.1, 0.15) is 22.8 Å². The Balaban J connectivity index is 2.12. The zero-order valence-electron chi connectivity index (χ0n) is 11.8. The van der Waals surface area contributed by atoms with E-state index >= 15 is 0 Å². The molecule has 2 aromatic rings. The van der Waals surface area contributed by atoms with E-state index in [1.54, 1.807) is 19.1 Å². The van der Waals surface area contributed by atoms with E-state index in [-0.39, 0.29) is 12.4 Å². The third kappa shape index (κ3) is 4.16. The molecule has 3 nitrogen and oxygen atoms in total. The first-order valence-corrected chi connectivity index (χ1v) is 7.56. The maximum absolute atomic E-state index is 12.3. The summed E-state index contributed by atoms with van der Waals surface area (Å²) < 4.78 is 6.70. The maximum Gasteiger partial charge on any atom is 0.202 e. The van der Waals surface area contributed by atoms with Gasteiger partial charge in [0.2, 0.25) is 5.78 Å². The van der Waals surface area contributed by atoms with Crippen LogP contribution < -0.4 is 4.74 Å². The number of benzene rings is 2. The number of hydrogen-bond acceptors (Lipinski definition) is 3. The predicted molar refractivity (Wildman–Crippen MR) is 85.8 cm³/mol. The minimum atomic E-state index is -0.578. The Labute approximate surface area is 132 Å². The van der Waals surface area contributed by atoms with Crippen molar-refractivity contribution in [3.8, 4) is 5.75 Å². The van der Waals surface area contributed by atoms with Crippen LogP contribution in [0, 0.1) is 0 Å². The quantitative estimate of drug-likeness (QED) is 0.810. The lowest BCUT2D eigenvalue weighted by Crippen LogP contribution is -2.24. The van der Waals surface area contributed by atoms with Crippen molar-refractivity contribution in [1.29, 1.82) is 0 Å². The first kappa shape index (κ1) is 15.7. The lowest BCUT2D eigenvalue weighted by molar-refractivity contribution is 0.0816. The van der Waals surface area contributed by atoms with Gasteiger partial charge in [0, 0.05) is 16.6 Å². The summed E-state index contributed by atoms with van der Waals surface area (Å²) in [5, 5.41) is 9.06. The van der Waals surface area contributed by atoms with Crippen molar-refractivity contribution in [2.45, 2.75) is 19.4 Å². The van der Waals surface area contributed by atoms with Gasteiger partial charge in [-0.05, 0) is 37.1 Å². The van der Waals surface area contributed by atoms with Gasteiger partial charge in [0.1, 0.15) is 5.75 Å². The number of halogens is 1.